The number of nitrogens with two attached hydrogens (primary N) is 1. The number of nitrogens with zero attached hydrogens (tertiary/aromatic N) is 2. The zero-order valence-electron chi connectivity index (χ0n) is 10.6. The summed E-state index contributed by atoms with van der Waals surface area (Å²) < 4.78 is 8.92. The van der Waals surface area contributed by atoms with Gasteiger partial charge in [0.1, 0.15) is 22.9 Å². The number of fused-ring (bicyclic) bond motifs is 1. The fourth-order valence-corrected chi connectivity index (χ4v) is 2.94. The number of ether oxygens (including phenoxy) is 1. The Morgan fingerprint density at radius 2 is 2.00 bits per heavy atom. The zero-order valence-corrected chi connectivity index (χ0v) is 13.8. The molecule has 3 rings (SSSR count). The van der Waals surface area contributed by atoms with Crippen LogP contribution in [0.15, 0.2) is 45.5 Å². The third-order valence-electron chi connectivity index (χ3n) is 3.04. The molecule has 2 N–H and O–H groups in total. The van der Waals surface area contributed by atoms with E-state index in [1.165, 1.54) is 0 Å². The topological polar surface area (TPSA) is 52.5 Å². The molecule has 102 valence electrons. The molecule has 2 heterocycles. The van der Waals surface area contributed by atoms with Crippen LogP contribution in [0.2, 0.25) is 0 Å². The van der Waals surface area contributed by atoms with Crippen LogP contribution in [-0.2, 0) is 0 Å². The van der Waals surface area contributed by atoms with E-state index in [1.807, 2.05) is 40.9 Å². The lowest BCUT2D eigenvalue weighted by atomic mass is 10.1. The van der Waals surface area contributed by atoms with Crippen molar-refractivity contribution in [2.75, 3.05) is 12.8 Å². The van der Waals surface area contributed by atoms with E-state index in [0.29, 0.717) is 5.82 Å². The van der Waals surface area contributed by atoms with E-state index >= 15 is 0 Å². The fraction of sp³-hybridized carbons (Fsp3) is 0.0714. The van der Waals surface area contributed by atoms with Gasteiger partial charge in [0.2, 0.25) is 0 Å². The number of hydrogen-bond acceptors (Lipinski definition) is 3. The lowest BCUT2D eigenvalue weighted by Crippen LogP contribution is -1.94. The average molecular weight is 397 g/mol. The van der Waals surface area contributed by atoms with Crippen molar-refractivity contribution in [1.29, 1.82) is 0 Å². The number of aromatic nitrogens is 2. The number of anilines is 1. The van der Waals surface area contributed by atoms with E-state index in [-0.39, 0.29) is 0 Å². The molecule has 0 aliphatic carbocycles. The molecule has 3 aromatic rings. The Labute approximate surface area is 132 Å². The SMILES string of the molecule is COc1ccc(-c2nc3ccc(Br)cn3c2N)cc1Br. The summed E-state index contributed by atoms with van der Waals surface area (Å²) in [6.45, 7) is 0. The molecule has 0 saturated carbocycles. The van der Waals surface area contributed by atoms with Crippen molar-refractivity contribution in [2.24, 2.45) is 0 Å². The van der Waals surface area contributed by atoms with Crippen LogP contribution in [-0.4, -0.2) is 16.5 Å². The molecule has 0 unspecified atom stereocenters. The second-order valence-corrected chi connectivity index (χ2v) is 6.04. The minimum absolute atomic E-state index is 0.610. The molecular weight excluding hydrogens is 386 g/mol. The van der Waals surface area contributed by atoms with Crippen molar-refractivity contribution in [1.82, 2.24) is 9.38 Å². The van der Waals surface area contributed by atoms with Crippen LogP contribution in [0.1, 0.15) is 0 Å². The Morgan fingerprint density at radius 3 is 2.70 bits per heavy atom. The summed E-state index contributed by atoms with van der Waals surface area (Å²) in [7, 11) is 1.64. The van der Waals surface area contributed by atoms with Gasteiger partial charge < -0.3 is 10.5 Å². The largest absolute Gasteiger partial charge is 0.496 e. The average Bonchev–Trinajstić information content (AvgIpc) is 2.76. The van der Waals surface area contributed by atoms with Crippen LogP contribution >= 0.6 is 31.9 Å². The molecule has 0 atom stereocenters. The van der Waals surface area contributed by atoms with Crippen molar-refractivity contribution >= 4 is 43.3 Å². The van der Waals surface area contributed by atoms with Crippen molar-refractivity contribution in [3.05, 3.63) is 45.5 Å². The van der Waals surface area contributed by atoms with Crippen LogP contribution < -0.4 is 10.5 Å². The summed E-state index contributed by atoms with van der Waals surface area (Å²) in [4.78, 5) is 4.58. The Balaban J connectivity index is 2.19. The normalized spacial score (nSPS) is 10.9. The fourth-order valence-electron chi connectivity index (χ4n) is 2.06. The maximum Gasteiger partial charge on any atom is 0.139 e. The lowest BCUT2D eigenvalue weighted by molar-refractivity contribution is 0.412. The predicted molar refractivity (Wildman–Crippen MR) is 87.0 cm³/mol. The molecular formula is C14H11Br2N3O. The van der Waals surface area contributed by atoms with E-state index in [9.17, 15) is 0 Å². The van der Waals surface area contributed by atoms with Crippen molar-refractivity contribution in [2.45, 2.75) is 0 Å². The van der Waals surface area contributed by atoms with Crippen molar-refractivity contribution in [3.63, 3.8) is 0 Å². The Kier molecular flexibility index (Phi) is 3.43. The van der Waals surface area contributed by atoms with Crippen molar-refractivity contribution < 1.29 is 4.74 Å². The lowest BCUT2D eigenvalue weighted by Gasteiger charge is -2.05. The van der Waals surface area contributed by atoms with E-state index in [2.05, 4.69) is 36.8 Å². The van der Waals surface area contributed by atoms with Crippen LogP contribution in [0.3, 0.4) is 0 Å². The predicted octanol–water partition coefficient (Wildman–Crippen LogP) is 4.12. The Bertz CT molecular complexity index is 798. The molecule has 1 aromatic carbocycles. The van der Waals surface area contributed by atoms with Gasteiger partial charge in [-0.2, -0.15) is 0 Å². The minimum Gasteiger partial charge on any atom is -0.496 e. The molecule has 6 heteroatoms. The van der Waals surface area contributed by atoms with Crippen LogP contribution in [0, 0.1) is 0 Å². The molecule has 0 radical (unpaired) electrons. The Morgan fingerprint density at radius 1 is 1.20 bits per heavy atom. The molecule has 0 bridgehead atoms. The number of imidazole rings is 1. The summed E-state index contributed by atoms with van der Waals surface area (Å²) in [6, 6.07) is 9.64. The van der Waals surface area contributed by atoms with Gasteiger partial charge in [-0.3, -0.25) is 4.40 Å². The number of nitrogen functional groups attached to an aromatic ring is 1. The Hall–Kier alpha value is -1.53. The number of benzene rings is 1. The molecule has 0 amide bonds. The number of hydrogen-bond donors (Lipinski definition) is 1. The van der Waals surface area contributed by atoms with Gasteiger partial charge in [0.15, 0.2) is 0 Å². The minimum atomic E-state index is 0.610. The summed E-state index contributed by atoms with van der Waals surface area (Å²) in [5, 5.41) is 0. The quantitative estimate of drug-likeness (QED) is 0.708. The highest BCUT2D eigenvalue weighted by atomic mass is 79.9. The first-order valence-electron chi connectivity index (χ1n) is 5.87. The number of methoxy groups -OCH3 is 1. The maximum absolute atomic E-state index is 6.19. The molecule has 4 nitrogen and oxygen atoms in total. The first-order valence-corrected chi connectivity index (χ1v) is 7.46. The van der Waals surface area contributed by atoms with Gasteiger partial charge in [-0.15, -0.1) is 0 Å². The van der Waals surface area contributed by atoms with E-state index in [4.69, 9.17) is 10.5 Å². The number of pyridine rings is 1. The van der Waals surface area contributed by atoms with Crippen LogP contribution in [0.4, 0.5) is 5.82 Å². The third-order valence-corrected chi connectivity index (χ3v) is 4.13. The highest BCUT2D eigenvalue weighted by Gasteiger charge is 2.13. The number of rotatable bonds is 2. The molecule has 2 aromatic heterocycles. The van der Waals surface area contributed by atoms with Gasteiger partial charge in [0.05, 0.1) is 11.6 Å². The number of halogens is 2. The van der Waals surface area contributed by atoms with Crippen LogP contribution in [0.5, 0.6) is 5.75 Å². The van der Waals surface area contributed by atoms with Crippen molar-refractivity contribution in [3.8, 4) is 17.0 Å². The van der Waals surface area contributed by atoms with Crippen LogP contribution in [0.25, 0.3) is 16.9 Å². The zero-order chi connectivity index (χ0) is 14.3. The monoisotopic (exact) mass is 395 g/mol. The van der Waals surface area contributed by atoms with E-state index in [1.54, 1.807) is 7.11 Å². The molecule has 0 spiro atoms. The molecule has 0 fully saturated rings. The van der Waals surface area contributed by atoms with Gasteiger partial charge in [-0.05, 0) is 62.2 Å². The van der Waals surface area contributed by atoms with Gasteiger partial charge in [0, 0.05) is 16.2 Å². The molecule has 20 heavy (non-hydrogen) atoms. The van der Waals surface area contributed by atoms with Gasteiger partial charge in [-0.1, -0.05) is 0 Å². The summed E-state index contributed by atoms with van der Waals surface area (Å²) in [5.41, 5.74) is 8.70. The summed E-state index contributed by atoms with van der Waals surface area (Å²) >= 11 is 6.91. The van der Waals surface area contributed by atoms with Gasteiger partial charge in [-0.25, -0.2) is 4.98 Å². The smallest absolute Gasteiger partial charge is 0.139 e. The van der Waals surface area contributed by atoms with Gasteiger partial charge in [0.25, 0.3) is 0 Å². The first-order chi connectivity index (χ1) is 9.60. The first kappa shape index (κ1) is 13.5. The summed E-state index contributed by atoms with van der Waals surface area (Å²) in [5.74, 6) is 1.39. The highest BCUT2D eigenvalue weighted by Crippen LogP contribution is 2.33. The highest BCUT2D eigenvalue weighted by molar-refractivity contribution is 9.10. The second kappa shape index (κ2) is 5.10. The standard InChI is InChI=1S/C14H11Br2N3O/c1-20-11-4-2-8(6-10(11)16)13-14(17)19-7-9(15)3-5-12(19)18-13/h2-7H,17H2,1H3. The van der Waals surface area contributed by atoms with E-state index in [0.717, 1.165) is 31.6 Å². The van der Waals surface area contributed by atoms with Gasteiger partial charge >= 0.3 is 0 Å². The third kappa shape index (κ3) is 2.19. The molecule has 0 saturated heterocycles. The molecule has 0 aliphatic rings. The van der Waals surface area contributed by atoms with E-state index < -0.39 is 0 Å². The maximum atomic E-state index is 6.19. The summed E-state index contributed by atoms with van der Waals surface area (Å²) in [6.07, 6.45) is 1.90. The molecule has 0 aliphatic heterocycles. The second-order valence-electron chi connectivity index (χ2n) is 4.27.